The van der Waals surface area contributed by atoms with Crippen molar-refractivity contribution in [2.24, 2.45) is 0 Å². The van der Waals surface area contributed by atoms with Crippen molar-refractivity contribution < 1.29 is 9.59 Å². The Morgan fingerprint density at radius 2 is 1.54 bits per heavy atom. The summed E-state index contributed by atoms with van der Waals surface area (Å²) < 4.78 is 0. The number of hydrogen-bond acceptors (Lipinski definition) is 4. The number of benzene rings is 3. The van der Waals surface area contributed by atoms with Crippen LogP contribution < -0.4 is 10.2 Å². The van der Waals surface area contributed by atoms with E-state index in [-0.39, 0.29) is 24.5 Å². The van der Waals surface area contributed by atoms with Gasteiger partial charge in [-0.1, -0.05) is 65.1 Å². The third-order valence-electron chi connectivity index (χ3n) is 7.27. The van der Waals surface area contributed by atoms with Crippen LogP contribution in [0.5, 0.6) is 0 Å². The maximum absolute atomic E-state index is 13.4. The maximum atomic E-state index is 13.4. The molecule has 6 nitrogen and oxygen atoms in total. The molecule has 1 atom stereocenters. The summed E-state index contributed by atoms with van der Waals surface area (Å²) in [6, 6.07) is 19.1. The fourth-order valence-corrected chi connectivity index (χ4v) is 5.46. The number of nitrogens with zero attached hydrogens (tertiary/aromatic N) is 3. The average Bonchev–Trinajstić information content (AvgIpc) is 3.47. The molecule has 0 aromatic heterocycles. The number of hydrogen-bond donors (Lipinski definition) is 1. The Balaban J connectivity index is 1.47. The van der Waals surface area contributed by atoms with Crippen molar-refractivity contribution in [3.63, 3.8) is 0 Å². The summed E-state index contributed by atoms with van der Waals surface area (Å²) in [6.45, 7) is 2.17. The number of halogens is 3. The zero-order valence-electron chi connectivity index (χ0n) is 22.4. The van der Waals surface area contributed by atoms with Crippen LogP contribution >= 0.6 is 34.8 Å². The van der Waals surface area contributed by atoms with Crippen LogP contribution in [0.25, 0.3) is 11.1 Å². The van der Waals surface area contributed by atoms with E-state index in [1.807, 2.05) is 42.1 Å². The minimum Gasteiger partial charge on any atom is -0.365 e. The smallest absolute Gasteiger partial charge is 0.252 e. The number of nitrogens with one attached hydrogen (secondary N) is 1. The van der Waals surface area contributed by atoms with Crippen molar-refractivity contribution in [3.8, 4) is 11.1 Å². The van der Waals surface area contributed by atoms with E-state index in [9.17, 15) is 9.59 Å². The van der Waals surface area contributed by atoms with Gasteiger partial charge in [0.2, 0.25) is 5.91 Å². The lowest BCUT2D eigenvalue weighted by atomic mass is 10.0. The molecule has 1 unspecified atom stereocenters. The Hall–Kier alpha value is -2.77. The number of carbonyl (C=O) groups excluding carboxylic acids is 2. The van der Waals surface area contributed by atoms with Crippen molar-refractivity contribution in [3.05, 3.63) is 86.9 Å². The number of likely N-dealkylation sites (tertiary alicyclic amines) is 1. The first-order valence-electron chi connectivity index (χ1n) is 12.9. The van der Waals surface area contributed by atoms with Crippen molar-refractivity contribution in [1.82, 2.24) is 15.1 Å². The lowest BCUT2D eigenvalue weighted by Crippen LogP contribution is -2.51. The fourth-order valence-electron chi connectivity index (χ4n) is 4.90. The Morgan fingerprint density at radius 3 is 2.15 bits per heavy atom. The first kappa shape index (κ1) is 29.2. The molecule has 3 aromatic rings. The lowest BCUT2D eigenvalue weighted by molar-refractivity contribution is -0.133. The quantitative estimate of drug-likeness (QED) is 0.322. The molecule has 1 N–H and O–H groups in total. The van der Waals surface area contributed by atoms with E-state index in [2.05, 4.69) is 34.5 Å². The van der Waals surface area contributed by atoms with Crippen LogP contribution in [0.1, 0.15) is 28.8 Å². The average molecular weight is 588 g/mol. The van der Waals surface area contributed by atoms with Crippen molar-refractivity contribution >= 4 is 52.3 Å². The summed E-state index contributed by atoms with van der Waals surface area (Å²) in [6.07, 6.45) is 2.94. The normalized spacial score (nSPS) is 14.2. The molecule has 0 radical (unpaired) electrons. The Kier molecular flexibility index (Phi) is 9.78. The van der Waals surface area contributed by atoms with Crippen LogP contribution in [-0.2, 0) is 11.2 Å². The predicted octanol–water partition coefficient (Wildman–Crippen LogP) is 6.23. The lowest BCUT2D eigenvalue weighted by Gasteiger charge is -2.36. The standard InChI is InChI=1S/C30H33Cl3N4O2/c1-34-30(39)24-12-10-22(17-26(24)32)21-8-6-20(7-9-21)16-28(37-14-4-5-15-37)36(3)29(38)19-35(2)23-11-13-25(31)27(33)18-23/h6-13,17-18,28H,4-5,14-16,19H2,1-3H3,(H,34,39). The summed E-state index contributed by atoms with van der Waals surface area (Å²) in [4.78, 5) is 31.5. The molecule has 0 saturated carbocycles. The van der Waals surface area contributed by atoms with Crippen LogP contribution in [0, 0.1) is 0 Å². The molecule has 9 heteroatoms. The summed E-state index contributed by atoms with van der Waals surface area (Å²) in [5.41, 5.74) is 4.37. The molecule has 1 heterocycles. The van der Waals surface area contributed by atoms with Gasteiger partial charge in [0.1, 0.15) is 0 Å². The molecule has 1 fully saturated rings. The summed E-state index contributed by atoms with van der Waals surface area (Å²) in [7, 11) is 5.35. The Bertz CT molecular complexity index is 1330. The molecular weight excluding hydrogens is 555 g/mol. The second kappa shape index (κ2) is 13.1. The van der Waals surface area contributed by atoms with E-state index >= 15 is 0 Å². The first-order valence-corrected chi connectivity index (χ1v) is 14.1. The summed E-state index contributed by atoms with van der Waals surface area (Å²) >= 11 is 18.6. The topological polar surface area (TPSA) is 55.9 Å². The van der Waals surface area contributed by atoms with E-state index in [1.54, 1.807) is 25.2 Å². The molecule has 0 bridgehead atoms. The number of anilines is 1. The summed E-state index contributed by atoms with van der Waals surface area (Å²) in [5.74, 6) is -0.181. The monoisotopic (exact) mass is 586 g/mol. The van der Waals surface area contributed by atoms with Gasteiger partial charge >= 0.3 is 0 Å². The van der Waals surface area contributed by atoms with Crippen molar-refractivity contribution in [2.75, 3.05) is 45.7 Å². The van der Waals surface area contributed by atoms with E-state index < -0.39 is 0 Å². The number of rotatable bonds is 9. The van der Waals surface area contributed by atoms with Crippen LogP contribution in [0.15, 0.2) is 60.7 Å². The maximum Gasteiger partial charge on any atom is 0.252 e. The highest BCUT2D eigenvalue weighted by molar-refractivity contribution is 6.42. The predicted molar refractivity (Wildman–Crippen MR) is 161 cm³/mol. The van der Waals surface area contributed by atoms with Crippen molar-refractivity contribution in [1.29, 1.82) is 0 Å². The zero-order chi connectivity index (χ0) is 28.1. The van der Waals surface area contributed by atoms with Crippen LogP contribution in [0.2, 0.25) is 15.1 Å². The molecule has 4 rings (SSSR count). The zero-order valence-corrected chi connectivity index (χ0v) is 24.7. The minimum absolute atomic E-state index is 0.0305. The second-order valence-corrected chi connectivity index (χ2v) is 11.1. The van der Waals surface area contributed by atoms with Gasteiger partial charge in [0.05, 0.1) is 33.3 Å². The largest absolute Gasteiger partial charge is 0.365 e. The molecule has 0 aliphatic carbocycles. The third-order valence-corrected chi connectivity index (χ3v) is 8.32. The molecular formula is C30H33Cl3N4O2. The SMILES string of the molecule is CNC(=O)c1ccc(-c2ccc(CC(N3CCCC3)N(C)C(=O)CN(C)c3ccc(Cl)c(Cl)c3)cc2)cc1Cl. The van der Waals surface area contributed by atoms with E-state index in [0.29, 0.717) is 20.6 Å². The van der Waals surface area contributed by atoms with Gasteiger partial charge in [-0.15, -0.1) is 0 Å². The minimum atomic E-state index is -0.211. The third kappa shape index (κ3) is 7.06. The Morgan fingerprint density at radius 1 is 0.872 bits per heavy atom. The van der Waals surface area contributed by atoms with Gasteiger partial charge in [-0.2, -0.15) is 0 Å². The highest BCUT2D eigenvalue weighted by Gasteiger charge is 2.29. The van der Waals surface area contributed by atoms with Crippen LogP contribution in [0.3, 0.4) is 0 Å². The van der Waals surface area contributed by atoms with Gasteiger partial charge < -0.3 is 15.1 Å². The van der Waals surface area contributed by atoms with Crippen LogP contribution in [0.4, 0.5) is 5.69 Å². The van der Waals surface area contributed by atoms with Gasteiger partial charge in [-0.25, -0.2) is 0 Å². The number of carbonyl (C=O) groups is 2. The van der Waals surface area contributed by atoms with Gasteiger partial charge in [-0.3, -0.25) is 14.5 Å². The van der Waals surface area contributed by atoms with Gasteiger partial charge in [0.25, 0.3) is 5.91 Å². The van der Waals surface area contributed by atoms with Gasteiger partial charge in [0, 0.05) is 46.3 Å². The Labute approximate surface area is 245 Å². The molecule has 1 saturated heterocycles. The first-order chi connectivity index (χ1) is 18.7. The van der Waals surface area contributed by atoms with Gasteiger partial charge in [0.15, 0.2) is 0 Å². The van der Waals surface area contributed by atoms with E-state index in [1.165, 1.54) is 0 Å². The molecule has 39 heavy (non-hydrogen) atoms. The second-order valence-electron chi connectivity index (χ2n) is 9.86. The highest BCUT2D eigenvalue weighted by Crippen LogP contribution is 2.28. The van der Waals surface area contributed by atoms with E-state index in [0.717, 1.165) is 54.7 Å². The number of amides is 2. The molecule has 206 valence electrons. The van der Waals surface area contributed by atoms with E-state index in [4.69, 9.17) is 34.8 Å². The molecule has 3 aromatic carbocycles. The molecule has 1 aliphatic rings. The number of likely N-dealkylation sites (N-methyl/N-ethyl adjacent to an activating group) is 2. The fraction of sp³-hybridized carbons (Fsp3) is 0.333. The van der Waals surface area contributed by atoms with Crippen LogP contribution in [-0.4, -0.2) is 68.6 Å². The molecule has 0 spiro atoms. The molecule has 2 amide bonds. The van der Waals surface area contributed by atoms with Gasteiger partial charge in [-0.05, 0) is 59.9 Å². The summed E-state index contributed by atoms with van der Waals surface area (Å²) in [5, 5.41) is 3.96. The molecule has 1 aliphatic heterocycles. The van der Waals surface area contributed by atoms with Crippen molar-refractivity contribution in [2.45, 2.75) is 25.4 Å². The highest BCUT2D eigenvalue weighted by atomic mass is 35.5.